The Hall–Kier alpha value is -1.71. The molecule has 4 heteroatoms. The third-order valence-electron chi connectivity index (χ3n) is 1.52. The second-order valence-corrected chi connectivity index (χ2v) is 2.44. The summed E-state index contributed by atoms with van der Waals surface area (Å²) in [5.74, 6) is -1.83. The molecular formula is C10H7F2O2. The number of rotatable bonds is 4. The van der Waals surface area contributed by atoms with Crippen LogP contribution in [0.1, 0.15) is 5.56 Å². The van der Waals surface area contributed by atoms with Crippen LogP contribution in [0.2, 0.25) is 0 Å². The first kappa shape index (κ1) is 10.4. The third-order valence-corrected chi connectivity index (χ3v) is 1.52. The van der Waals surface area contributed by atoms with Crippen LogP contribution in [0, 0.1) is 11.6 Å². The minimum atomic E-state index is -0.918. The van der Waals surface area contributed by atoms with E-state index in [-0.39, 0.29) is 12.2 Å². The summed E-state index contributed by atoms with van der Waals surface area (Å²) in [6.45, 7) is 1.20. The highest BCUT2D eigenvalue weighted by Crippen LogP contribution is 2.12. The average molecular weight is 197 g/mol. The van der Waals surface area contributed by atoms with Gasteiger partial charge in [-0.05, 0) is 12.1 Å². The van der Waals surface area contributed by atoms with Crippen LogP contribution >= 0.6 is 0 Å². The van der Waals surface area contributed by atoms with Crippen LogP contribution in [0.15, 0.2) is 24.3 Å². The predicted octanol–water partition coefficient (Wildman–Crippen LogP) is 2.06. The summed E-state index contributed by atoms with van der Waals surface area (Å²) in [5, 5.41) is 0. The van der Waals surface area contributed by atoms with E-state index < -0.39 is 11.6 Å². The van der Waals surface area contributed by atoms with Crippen LogP contribution in [0.4, 0.5) is 8.78 Å². The second-order valence-electron chi connectivity index (χ2n) is 2.44. The van der Waals surface area contributed by atoms with Crippen molar-refractivity contribution in [2.45, 2.75) is 0 Å². The van der Waals surface area contributed by atoms with Crippen molar-refractivity contribution in [2.24, 2.45) is 0 Å². The van der Waals surface area contributed by atoms with Gasteiger partial charge >= 0.3 is 6.47 Å². The molecule has 14 heavy (non-hydrogen) atoms. The minimum Gasteiger partial charge on any atom is -0.453 e. The summed E-state index contributed by atoms with van der Waals surface area (Å²) in [5.41, 5.74) is 0.111. The van der Waals surface area contributed by atoms with Gasteiger partial charge in [0.05, 0.1) is 0 Å². The first-order chi connectivity index (χ1) is 6.75. The van der Waals surface area contributed by atoms with Crippen molar-refractivity contribution in [3.63, 3.8) is 0 Å². The molecular weight excluding hydrogens is 190 g/mol. The maximum Gasteiger partial charge on any atom is 0.417 e. The largest absolute Gasteiger partial charge is 0.453 e. The van der Waals surface area contributed by atoms with E-state index in [4.69, 9.17) is 0 Å². The van der Waals surface area contributed by atoms with Crippen molar-refractivity contribution in [1.29, 1.82) is 0 Å². The number of hydrogen-bond donors (Lipinski definition) is 0. The van der Waals surface area contributed by atoms with Crippen LogP contribution in [0.25, 0.3) is 6.08 Å². The van der Waals surface area contributed by atoms with Crippen LogP contribution in [-0.4, -0.2) is 13.1 Å². The Bertz CT molecular complexity index is 348. The number of halogens is 2. The highest BCUT2D eigenvalue weighted by molar-refractivity contribution is 5.50. The molecule has 0 aliphatic carbocycles. The fourth-order valence-corrected chi connectivity index (χ4v) is 0.906. The van der Waals surface area contributed by atoms with Crippen molar-refractivity contribution in [2.75, 3.05) is 6.61 Å². The van der Waals surface area contributed by atoms with Crippen molar-refractivity contribution in [1.82, 2.24) is 0 Å². The van der Waals surface area contributed by atoms with Gasteiger partial charge in [-0.15, -0.1) is 0 Å². The number of hydrogen-bond acceptors (Lipinski definition) is 2. The topological polar surface area (TPSA) is 26.3 Å². The summed E-state index contributed by atoms with van der Waals surface area (Å²) in [4.78, 5) is 9.62. The Kier molecular flexibility index (Phi) is 3.79. The Morgan fingerprint density at radius 1 is 1.43 bits per heavy atom. The van der Waals surface area contributed by atoms with Gasteiger partial charge in [0, 0.05) is 5.56 Å². The van der Waals surface area contributed by atoms with E-state index in [0.29, 0.717) is 0 Å². The molecule has 0 heterocycles. The van der Waals surface area contributed by atoms with Crippen LogP contribution < -0.4 is 0 Å². The van der Waals surface area contributed by atoms with E-state index in [2.05, 4.69) is 4.74 Å². The fraction of sp³-hybridized carbons (Fsp3) is 0.100. The molecule has 1 aromatic rings. The predicted molar refractivity (Wildman–Crippen MR) is 47.0 cm³/mol. The lowest BCUT2D eigenvalue weighted by Gasteiger charge is -1.96. The Balaban J connectivity index is 2.71. The van der Waals surface area contributed by atoms with Gasteiger partial charge in [0.15, 0.2) is 11.6 Å². The summed E-state index contributed by atoms with van der Waals surface area (Å²) < 4.78 is 29.8. The maximum atomic E-state index is 13.0. The monoisotopic (exact) mass is 197 g/mol. The molecule has 0 aromatic heterocycles. The molecule has 0 amide bonds. The SMILES string of the molecule is O=[C]OCC=Cc1cccc(F)c1F. The van der Waals surface area contributed by atoms with E-state index >= 15 is 0 Å². The number of benzene rings is 1. The van der Waals surface area contributed by atoms with Crippen LogP contribution in [-0.2, 0) is 9.53 Å². The van der Waals surface area contributed by atoms with Crippen LogP contribution in [0.3, 0.4) is 0 Å². The van der Waals surface area contributed by atoms with Crippen LogP contribution in [0.5, 0.6) is 0 Å². The Morgan fingerprint density at radius 2 is 2.21 bits per heavy atom. The molecule has 1 rings (SSSR count). The zero-order chi connectivity index (χ0) is 10.4. The first-order valence-corrected chi connectivity index (χ1v) is 3.85. The van der Waals surface area contributed by atoms with E-state index in [1.54, 1.807) is 0 Å². The Labute approximate surface area is 79.8 Å². The average Bonchev–Trinajstić information content (AvgIpc) is 2.19. The molecule has 1 radical (unpaired) electrons. The molecule has 73 valence electrons. The van der Waals surface area contributed by atoms with Gasteiger partial charge < -0.3 is 4.74 Å². The van der Waals surface area contributed by atoms with Gasteiger partial charge in [-0.2, -0.15) is 0 Å². The molecule has 0 spiro atoms. The lowest BCUT2D eigenvalue weighted by Crippen LogP contribution is -1.89. The molecule has 0 N–H and O–H groups in total. The van der Waals surface area contributed by atoms with Gasteiger partial charge in [0.25, 0.3) is 0 Å². The van der Waals surface area contributed by atoms with E-state index in [1.807, 2.05) is 0 Å². The van der Waals surface area contributed by atoms with Gasteiger partial charge in [0.1, 0.15) is 6.61 Å². The van der Waals surface area contributed by atoms with Gasteiger partial charge in [-0.3, -0.25) is 0 Å². The molecule has 0 saturated carbocycles. The van der Waals surface area contributed by atoms with Crippen molar-refractivity contribution in [3.8, 4) is 0 Å². The van der Waals surface area contributed by atoms with Gasteiger partial charge in [-0.1, -0.05) is 18.2 Å². The molecule has 0 aliphatic heterocycles. The standard InChI is InChI=1S/C10H7F2O2/c11-9-5-1-3-8(10(9)12)4-2-6-14-7-13/h1-5H,6H2. The molecule has 0 atom stereocenters. The zero-order valence-corrected chi connectivity index (χ0v) is 7.17. The summed E-state index contributed by atoms with van der Waals surface area (Å²) in [6.07, 6.45) is 2.72. The normalized spacial score (nSPS) is 10.4. The van der Waals surface area contributed by atoms with E-state index in [1.165, 1.54) is 30.8 Å². The third kappa shape index (κ3) is 2.65. The first-order valence-electron chi connectivity index (χ1n) is 3.85. The quantitative estimate of drug-likeness (QED) is 0.690. The minimum absolute atomic E-state index is 0.0144. The highest BCUT2D eigenvalue weighted by Gasteiger charge is 2.03. The van der Waals surface area contributed by atoms with Gasteiger partial charge in [-0.25, -0.2) is 13.6 Å². The number of carbonyl (C=O) groups excluding carboxylic acids is 1. The summed E-state index contributed by atoms with van der Waals surface area (Å²) >= 11 is 0. The van der Waals surface area contributed by atoms with Crippen molar-refractivity contribution < 1.29 is 18.3 Å². The van der Waals surface area contributed by atoms with Gasteiger partial charge in [0.2, 0.25) is 0 Å². The molecule has 0 aliphatic rings. The van der Waals surface area contributed by atoms with Crippen molar-refractivity contribution >= 4 is 12.5 Å². The van der Waals surface area contributed by atoms with Crippen molar-refractivity contribution in [3.05, 3.63) is 41.5 Å². The molecule has 1 aromatic carbocycles. The lowest BCUT2D eigenvalue weighted by atomic mass is 10.2. The number of ether oxygens (including phenoxy) is 1. The summed E-state index contributed by atoms with van der Waals surface area (Å²) in [6, 6.07) is 3.84. The Morgan fingerprint density at radius 3 is 2.93 bits per heavy atom. The highest BCUT2D eigenvalue weighted by atomic mass is 19.2. The molecule has 0 unspecified atom stereocenters. The lowest BCUT2D eigenvalue weighted by molar-refractivity contribution is 0.314. The fourth-order valence-electron chi connectivity index (χ4n) is 0.906. The summed E-state index contributed by atoms with van der Waals surface area (Å²) in [7, 11) is 0. The molecule has 2 nitrogen and oxygen atoms in total. The molecule has 0 bridgehead atoms. The smallest absolute Gasteiger partial charge is 0.417 e. The van der Waals surface area contributed by atoms with E-state index in [9.17, 15) is 13.6 Å². The molecule has 0 fully saturated rings. The second kappa shape index (κ2) is 5.11. The zero-order valence-electron chi connectivity index (χ0n) is 7.17. The maximum absolute atomic E-state index is 13.0. The molecule has 0 saturated heterocycles. The van der Waals surface area contributed by atoms with E-state index in [0.717, 1.165) is 6.07 Å².